The average molecular weight is 451 g/mol. The van der Waals surface area contributed by atoms with Crippen molar-refractivity contribution in [2.75, 3.05) is 34.0 Å². The number of benzene rings is 2. The normalized spacial score (nSPS) is 10.8. The third-order valence-electron chi connectivity index (χ3n) is 5.34. The molecule has 1 amide bonds. The fourth-order valence-electron chi connectivity index (χ4n) is 3.74. The number of amides is 1. The zero-order valence-electron chi connectivity index (χ0n) is 19.6. The second kappa shape index (κ2) is 11.4. The van der Waals surface area contributed by atoms with Crippen molar-refractivity contribution >= 4 is 22.8 Å². The molecule has 0 aliphatic heterocycles. The van der Waals surface area contributed by atoms with E-state index in [0.717, 1.165) is 27.6 Å². The zero-order valence-corrected chi connectivity index (χ0v) is 19.6. The first-order chi connectivity index (χ1) is 16.0. The Hall–Kier alpha value is -3.45. The van der Waals surface area contributed by atoms with Gasteiger partial charge in [0.1, 0.15) is 12.4 Å². The van der Waals surface area contributed by atoms with Crippen molar-refractivity contribution in [3.05, 3.63) is 59.7 Å². The van der Waals surface area contributed by atoms with Crippen molar-refractivity contribution < 1.29 is 23.8 Å². The van der Waals surface area contributed by atoms with Crippen LogP contribution in [0.15, 0.2) is 48.5 Å². The molecule has 7 nitrogen and oxygen atoms in total. The second-order valence-corrected chi connectivity index (χ2v) is 7.55. The number of nitrogens with zero attached hydrogens (tertiary/aromatic N) is 2. The van der Waals surface area contributed by atoms with Crippen LogP contribution >= 0.6 is 0 Å². The van der Waals surface area contributed by atoms with Gasteiger partial charge in [0.2, 0.25) is 5.91 Å². The summed E-state index contributed by atoms with van der Waals surface area (Å²) >= 11 is 0. The van der Waals surface area contributed by atoms with Crippen LogP contribution in [0.3, 0.4) is 0 Å². The molecule has 3 rings (SSSR count). The van der Waals surface area contributed by atoms with Crippen LogP contribution in [-0.4, -0.2) is 55.7 Å². The van der Waals surface area contributed by atoms with E-state index in [-0.39, 0.29) is 24.9 Å². The SMILES string of the molecule is CCOC(=O)Cc1ccc(OC)c(-c2nc3ccccc3cc2CN(CC)C(=O)COC)c1. The Balaban J connectivity index is 2.13. The third kappa shape index (κ3) is 5.87. The van der Waals surface area contributed by atoms with Crippen LogP contribution in [0.4, 0.5) is 0 Å². The molecule has 0 radical (unpaired) electrons. The van der Waals surface area contributed by atoms with Crippen molar-refractivity contribution in [3.8, 4) is 17.0 Å². The fourth-order valence-corrected chi connectivity index (χ4v) is 3.74. The van der Waals surface area contributed by atoms with Gasteiger partial charge < -0.3 is 19.1 Å². The van der Waals surface area contributed by atoms with Crippen molar-refractivity contribution in [1.82, 2.24) is 9.88 Å². The summed E-state index contributed by atoms with van der Waals surface area (Å²) in [5.41, 5.74) is 3.98. The highest BCUT2D eigenvalue weighted by Crippen LogP contribution is 2.34. The highest BCUT2D eigenvalue weighted by Gasteiger charge is 2.19. The monoisotopic (exact) mass is 450 g/mol. The fraction of sp³-hybridized carbons (Fsp3) is 0.346. The maximum atomic E-state index is 12.6. The first kappa shape index (κ1) is 24.2. The summed E-state index contributed by atoms with van der Waals surface area (Å²) in [5, 5.41) is 0.980. The Morgan fingerprint density at radius 1 is 1.03 bits per heavy atom. The molecule has 1 heterocycles. The lowest BCUT2D eigenvalue weighted by molar-refractivity contribution is -0.142. The van der Waals surface area contributed by atoms with Gasteiger partial charge in [0, 0.05) is 31.1 Å². The van der Waals surface area contributed by atoms with E-state index in [2.05, 4.69) is 6.07 Å². The smallest absolute Gasteiger partial charge is 0.310 e. The van der Waals surface area contributed by atoms with E-state index >= 15 is 0 Å². The molecule has 0 atom stereocenters. The van der Waals surface area contributed by atoms with Gasteiger partial charge in [-0.15, -0.1) is 0 Å². The molecule has 7 heteroatoms. The molecule has 174 valence electrons. The summed E-state index contributed by atoms with van der Waals surface area (Å²) in [5.74, 6) is 0.252. The van der Waals surface area contributed by atoms with E-state index in [1.807, 2.05) is 49.4 Å². The van der Waals surface area contributed by atoms with Gasteiger partial charge >= 0.3 is 5.97 Å². The van der Waals surface area contributed by atoms with Gasteiger partial charge in [-0.05, 0) is 49.2 Å². The van der Waals surface area contributed by atoms with Crippen LogP contribution in [0, 0.1) is 0 Å². The van der Waals surface area contributed by atoms with Crippen molar-refractivity contribution in [2.45, 2.75) is 26.8 Å². The van der Waals surface area contributed by atoms with Crippen molar-refractivity contribution in [1.29, 1.82) is 0 Å². The molecular weight excluding hydrogens is 420 g/mol. The number of ether oxygens (including phenoxy) is 3. The van der Waals surface area contributed by atoms with E-state index in [0.29, 0.717) is 31.1 Å². The van der Waals surface area contributed by atoms with E-state index in [1.165, 1.54) is 7.11 Å². The number of fused-ring (bicyclic) bond motifs is 1. The predicted octanol–water partition coefficient (Wildman–Crippen LogP) is 4.01. The second-order valence-electron chi connectivity index (χ2n) is 7.55. The van der Waals surface area contributed by atoms with E-state index in [9.17, 15) is 9.59 Å². The molecule has 33 heavy (non-hydrogen) atoms. The summed E-state index contributed by atoms with van der Waals surface area (Å²) in [4.78, 5) is 31.3. The number of pyridine rings is 1. The number of aromatic nitrogens is 1. The third-order valence-corrected chi connectivity index (χ3v) is 5.34. The number of esters is 1. The minimum Gasteiger partial charge on any atom is -0.496 e. The molecule has 1 aromatic heterocycles. The Kier molecular flexibility index (Phi) is 8.38. The molecule has 0 spiro atoms. The molecule has 3 aromatic rings. The van der Waals surface area contributed by atoms with Gasteiger partial charge in [0.05, 0.1) is 31.3 Å². The lowest BCUT2D eigenvalue weighted by atomic mass is 9.99. The zero-order chi connectivity index (χ0) is 23.8. The van der Waals surface area contributed by atoms with Crippen LogP contribution in [-0.2, 0) is 32.0 Å². The molecule has 0 saturated heterocycles. The van der Waals surface area contributed by atoms with E-state index < -0.39 is 0 Å². The number of likely N-dealkylation sites (N-methyl/N-ethyl adjacent to an activating group) is 1. The summed E-state index contributed by atoms with van der Waals surface area (Å²) in [6.07, 6.45) is 0.154. The number of para-hydroxylation sites is 1. The van der Waals surface area contributed by atoms with Gasteiger partial charge in [0.25, 0.3) is 0 Å². The molecule has 0 N–H and O–H groups in total. The number of carbonyl (C=O) groups excluding carboxylic acids is 2. The number of hydrogen-bond acceptors (Lipinski definition) is 6. The standard InChI is InChI=1S/C26H30N2O5/c1-5-28(24(29)17-31-3)16-20-15-19-9-7-8-10-22(19)27-26(20)21-13-18(11-12-23(21)32-4)14-25(30)33-6-2/h7-13,15H,5-6,14,16-17H2,1-4H3. The summed E-state index contributed by atoms with van der Waals surface area (Å²) < 4.78 is 15.8. The van der Waals surface area contributed by atoms with Crippen LogP contribution in [0.5, 0.6) is 5.75 Å². The van der Waals surface area contributed by atoms with Crippen LogP contribution in [0.2, 0.25) is 0 Å². The Bertz CT molecular complexity index is 1130. The van der Waals surface area contributed by atoms with Crippen LogP contribution in [0.25, 0.3) is 22.2 Å². The Morgan fingerprint density at radius 3 is 2.52 bits per heavy atom. The van der Waals surface area contributed by atoms with E-state index in [1.54, 1.807) is 18.9 Å². The summed E-state index contributed by atoms with van der Waals surface area (Å²) in [6, 6.07) is 15.5. The molecule has 0 fully saturated rings. The highest BCUT2D eigenvalue weighted by molar-refractivity contribution is 5.85. The maximum absolute atomic E-state index is 12.6. The number of rotatable bonds is 10. The minimum atomic E-state index is -0.289. The molecule has 0 aliphatic carbocycles. The average Bonchev–Trinajstić information content (AvgIpc) is 2.82. The van der Waals surface area contributed by atoms with Gasteiger partial charge in [0.15, 0.2) is 0 Å². The molecule has 0 saturated carbocycles. The van der Waals surface area contributed by atoms with Crippen LogP contribution in [0.1, 0.15) is 25.0 Å². The largest absolute Gasteiger partial charge is 0.496 e. The van der Waals surface area contributed by atoms with Crippen molar-refractivity contribution in [2.24, 2.45) is 0 Å². The maximum Gasteiger partial charge on any atom is 0.310 e. The number of carbonyl (C=O) groups is 2. The van der Waals surface area contributed by atoms with Gasteiger partial charge in [-0.3, -0.25) is 9.59 Å². The quantitative estimate of drug-likeness (QED) is 0.434. The predicted molar refractivity (Wildman–Crippen MR) is 127 cm³/mol. The molecule has 2 aromatic carbocycles. The molecule has 0 unspecified atom stereocenters. The lowest BCUT2D eigenvalue weighted by Gasteiger charge is -2.23. The van der Waals surface area contributed by atoms with Crippen LogP contribution < -0.4 is 4.74 Å². The Labute approximate surface area is 194 Å². The van der Waals surface area contributed by atoms with Gasteiger partial charge in [-0.1, -0.05) is 24.3 Å². The topological polar surface area (TPSA) is 78.0 Å². The first-order valence-electron chi connectivity index (χ1n) is 11.0. The number of hydrogen-bond donors (Lipinski definition) is 0. The number of methoxy groups -OCH3 is 2. The first-order valence-corrected chi connectivity index (χ1v) is 11.0. The molecule has 0 aliphatic rings. The highest BCUT2D eigenvalue weighted by atomic mass is 16.5. The summed E-state index contributed by atoms with van der Waals surface area (Å²) in [7, 11) is 3.11. The molecule has 0 bridgehead atoms. The molecular formula is C26H30N2O5. The summed E-state index contributed by atoms with van der Waals surface area (Å²) in [6.45, 7) is 4.98. The van der Waals surface area contributed by atoms with Crippen molar-refractivity contribution in [3.63, 3.8) is 0 Å². The van der Waals surface area contributed by atoms with Gasteiger partial charge in [-0.25, -0.2) is 4.98 Å². The minimum absolute atomic E-state index is 0.0164. The van der Waals surface area contributed by atoms with E-state index in [4.69, 9.17) is 19.2 Å². The lowest BCUT2D eigenvalue weighted by Crippen LogP contribution is -2.33. The van der Waals surface area contributed by atoms with Gasteiger partial charge in [-0.2, -0.15) is 0 Å². The Morgan fingerprint density at radius 2 is 1.82 bits per heavy atom.